The van der Waals surface area contributed by atoms with Gasteiger partial charge in [-0.3, -0.25) is 14.2 Å². The minimum Gasteiger partial charge on any atom is -0.324 e. The number of rotatable bonds is 5. The standard InChI is InChI=1S/C20H18BrN3O2/c1-2-16-12-19(26)24(20(23-16)14-7-4-3-5-8-14)13-18(25)22-17-10-6-9-15(21)11-17/h3-12H,2,13H2,1H3,(H,22,25). The molecule has 0 aliphatic carbocycles. The highest BCUT2D eigenvalue weighted by Gasteiger charge is 2.13. The third-order valence-electron chi connectivity index (χ3n) is 3.87. The fourth-order valence-electron chi connectivity index (χ4n) is 2.61. The van der Waals surface area contributed by atoms with E-state index in [1.165, 1.54) is 10.6 Å². The van der Waals surface area contributed by atoms with Crippen molar-refractivity contribution in [2.45, 2.75) is 19.9 Å². The van der Waals surface area contributed by atoms with Crippen LogP contribution in [-0.2, 0) is 17.8 Å². The first-order chi connectivity index (χ1) is 12.6. The fraction of sp³-hybridized carbons (Fsp3) is 0.150. The predicted molar refractivity (Wildman–Crippen MR) is 106 cm³/mol. The van der Waals surface area contributed by atoms with E-state index in [0.29, 0.717) is 23.6 Å². The quantitative estimate of drug-likeness (QED) is 0.692. The Kier molecular flexibility index (Phi) is 5.63. The largest absolute Gasteiger partial charge is 0.324 e. The Labute approximate surface area is 159 Å². The molecular weight excluding hydrogens is 394 g/mol. The summed E-state index contributed by atoms with van der Waals surface area (Å²) in [4.78, 5) is 29.6. The number of hydrogen-bond acceptors (Lipinski definition) is 3. The van der Waals surface area contributed by atoms with Crippen molar-refractivity contribution >= 4 is 27.5 Å². The first-order valence-corrected chi connectivity index (χ1v) is 9.07. The van der Waals surface area contributed by atoms with E-state index in [4.69, 9.17) is 0 Å². The van der Waals surface area contributed by atoms with Crippen molar-refractivity contribution in [3.63, 3.8) is 0 Å². The van der Waals surface area contributed by atoms with Crippen molar-refractivity contribution in [3.8, 4) is 11.4 Å². The lowest BCUT2D eigenvalue weighted by atomic mass is 10.2. The lowest BCUT2D eigenvalue weighted by Gasteiger charge is -2.13. The van der Waals surface area contributed by atoms with Crippen LogP contribution in [0.5, 0.6) is 0 Å². The van der Waals surface area contributed by atoms with E-state index in [1.807, 2.05) is 49.4 Å². The zero-order chi connectivity index (χ0) is 18.5. The van der Waals surface area contributed by atoms with Crippen LogP contribution in [-0.4, -0.2) is 15.5 Å². The maximum atomic E-state index is 12.6. The topological polar surface area (TPSA) is 64.0 Å². The smallest absolute Gasteiger partial charge is 0.254 e. The molecule has 26 heavy (non-hydrogen) atoms. The van der Waals surface area contributed by atoms with E-state index in [9.17, 15) is 9.59 Å². The number of nitrogens with one attached hydrogen (secondary N) is 1. The van der Waals surface area contributed by atoms with Gasteiger partial charge in [0.15, 0.2) is 0 Å². The van der Waals surface area contributed by atoms with Gasteiger partial charge in [0.1, 0.15) is 12.4 Å². The molecule has 0 aliphatic rings. The zero-order valence-electron chi connectivity index (χ0n) is 14.3. The number of hydrogen-bond donors (Lipinski definition) is 1. The van der Waals surface area contributed by atoms with Crippen molar-refractivity contribution < 1.29 is 4.79 Å². The summed E-state index contributed by atoms with van der Waals surface area (Å²) in [5.74, 6) is 0.216. The molecule has 132 valence electrons. The Morgan fingerprint density at radius 2 is 1.88 bits per heavy atom. The molecule has 2 aromatic carbocycles. The molecule has 3 aromatic rings. The molecule has 0 aliphatic heterocycles. The van der Waals surface area contributed by atoms with Crippen LogP contribution < -0.4 is 10.9 Å². The van der Waals surface area contributed by atoms with Crippen LogP contribution in [0.1, 0.15) is 12.6 Å². The molecule has 0 saturated heterocycles. The Morgan fingerprint density at radius 3 is 2.58 bits per heavy atom. The molecule has 6 heteroatoms. The van der Waals surface area contributed by atoms with E-state index < -0.39 is 0 Å². The number of carbonyl (C=O) groups excluding carboxylic acids is 1. The highest BCUT2D eigenvalue weighted by Crippen LogP contribution is 2.17. The van der Waals surface area contributed by atoms with Crippen molar-refractivity contribution in [2.75, 3.05) is 5.32 Å². The van der Waals surface area contributed by atoms with Gasteiger partial charge in [-0.05, 0) is 24.6 Å². The van der Waals surface area contributed by atoms with Gasteiger partial charge in [-0.2, -0.15) is 0 Å². The zero-order valence-corrected chi connectivity index (χ0v) is 15.9. The van der Waals surface area contributed by atoms with Crippen LogP contribution in [0.2, 0.25) is 0 Å². The van der Waals surface area contributed by atoms with Gasteiger partial charge in [-0.15, -0.1) is 0 Å². The molecule has 5 nitrogen and oxygen atoms in total. The number of benzene rings is 2. The number of nitrogens with zero attached hydrogens (tertiary/aromatic N) is 2. The number of halogens is 1. The maximum absolute atomic E-state index is 12.6. The average Bonchev–Trinajstić information content (AvgIpc) is 2.64. The van der Waals surface area contributed by atoms with Gasteiger partial charge >= 0.3 is 0 Å². The molecule has 0 radical (unpaired) electrons. The molecule has 3 rings (SSSR count). The van der Waals surface area contributed by atoms with Crippen LogP contribution in [0.4, 0.5) is 5.69 Å². The molecule has 1 aromatic heterocycles. The number of amides is 1. The second-order valence-electron chi connectivity index (χ2n) is 5.77. The summed E-state index contributed by atoms with van der Waals surface area (Å²) in [6.45, 7) is 1.84. The molecule has 0 spiro atoms. The van der Waals surface area contributed by atoms with Gasteiger partial charge in [-0.25, -0.2) is 4.98 Å². The monoisotopic (exact) mass is 411 g/mol. The van der Waals surface area contributed by atoms with E-state index in [2.05, 4.69) is 26.2 Å². The van der Waals surface area contributed by atoms with Crippen molar-refractivity contribution in [1.82, 2.24) is 9.55 Å². The molecule has 1 amide bonds. The first kappa shape index (κ1) is 18.1. The third-order valence-corrected chi connectivity index (χ3v) is 4.36. The Hall–Kier alpha value is -2.73. The Morgan fingerprint density at radius 1 is 1.12 bits per heavy atom. The number of carbonyl (C=O) groups is 1. The molecule has 0 fully saturated rings. The molecule has 0 unspecified atom stereocenters. The van der Waals surface area contributed by atoms with Gasteiger partial charge in [-0.1, -0.05) is 59.3 Å². The Bertz CT molecular complexity index is 984. The van der Waals surface area contributed by atoms with Crippen molar-refractivity contribution in [2.24, 2.45) is 0 Å². The van der Waals surface area contributed by atoms with E-state index >= 15 is 0 Å². The van der Waals surface area contributed by atoms with Gasteiger partial charge in [0.2, 0.25) is 5.91 Å². The number of aromatic nitrogens is 2. The molecule has 0 atom stereocenters. The van der Waals surface area contributed by atoms with Crippen LogP contribution in [0.25, 0.3) is 11.4 Å². The summed E-state index contributed by atoms with van der Waals surface area (Å²) < 4.78 is 2.27. The summed E-state index contributed by atoms with van der Waals surface area (Å²) >= 11 is 3.37. The summed E-state index contributed by atoms with van der Waals surface area (Å²) in [6, 6.07) is 18.2. The van der Waals surface area contributed by atoms with Gasteiger partial charge in [0, 0.05) is 27.5 Å². The molecular formula is C20H18BrN3O2. The van der Waals surface area contributed by atoms with Gasteiger partial charge < -0.3 is 5.32 Å². The highest BCUT2D eigenvalue weighted by atomic mass is 79.9. The van der Waals surface area contributed by atoms with E-state index in [0.717, 1.165) is 10.0 Å². The lowest BCUT2D eigenvalue weighted by Crippen LogP contribution is -2.30. The van der Waals surface area contributed by atoms with Crippen molar-refractivity contribution in [1.29, 1.82) is 0 Å². The van der Waals surface area contributed by atoms with Crippen LogP contribution in [0.3, 0.4) is 0 Å². The maximum Gasteiger partial charge on any atom is 0.254 e. The summed E-state index contributed by atoms with van der Waals surface area (Å²) in [5.41, 5.74) is 1.93. The third kappa shape index (κ3) is 4.26. The average molecular weight is 412 g/mol. The second-order valence-corrected chi connectivity index (χ2v) is 6.69. The van der Waals surface area contributed by atoms with Gasteiger partial charge in [0.25, 0.3) is 5.56 Å². The minimum atomic E-state index is -0.284. The van der Waals surface area contributed by atoms with Crippen LogP contribution in [0.15, 0.2) is 69.9 Å². The van der Waals surface area contributed by atoms with Gasteiger partial charge in [0.05, 0.1) is 0 Å². The molecule has 0 saturated carbocycles. The SMILES string of the molecule is CCc1cc(=O)n(CC(=O)Nc2cccc(Br)c2)c(-c2ccccc2)n1. The summed E-state index contributed by atoms with van der Waals surface area (Å²) in [7, 11) is 0. The van der Waals surface area contributed by atoms with Crippen LogP contribution in [0, 0.1) is 0 Å². The normalized spacial score (nSPS) is 10.5. The second kappa shape index (κ2) is 8.10. The Balaban J connectivity index is 1.94. The molecule has 1 N–H and O–H groups in total. The predicted octanol–water partition coefficient (Wildman–Crippen LogP) is 3.87. The van der Waals surface area contributed by atoms with E-state index in [-0.39, 0.29) is 18.0 Å². The van der Waals surface area contributed by atoms with Crippen molar-refractivity contribution in [3.05, 3.63) is 81.2 Å². The lowest BCUT2D eigenvalue weighted by molar-refractivity contribution is -0.116. The first-order valence-electron chi connectivity index (χ1n) is 8.28. The fourth-order valence-corrected chi connectivity index (χ4v) is 3.00. The highest BCUT2D eigenvalue weighted by molar-refractivity contribution is 9.10. The number of anilines is 1. The number of aryl methyl sites for hydroxylation is 1. The van der Waals surface area contributed by atoms with E-state index in [1.54, 1.807) is 12.1 Å². The summed E-state index contributed by atoms with van der Waals surface area (Å²) in [5, 5.41) is 2.81. The van der Waals surface area contributed by atoms with Crippen LogP contribution >= 0.6 is 15.9 Å². The molecule has 0 bridgehead atoms. The minimum absolute atomic E-state index is 0.105. The molecule has 1 heterocycles. The summed E-state index contributed by atoms with van der Waals surface area (Å²) in [6.07, 6.45) is 0.653.